The van der Waals surface area contributed by atoms with Gasteiger partial charge in [0.1, 0.15) is 31.3 Å². The number of hydrogen-bond acceptors (Lipinski definition) is 6. The van der Waals surface area contributed by atoms with Crippen molar-refractivity contribution in [3.8, 4) is 11.5 Å². The second-order valence-electron chi connectivity index (χ2n) is 5.56. The van der Waals surface area contributed by atoms with Gasteiger partial charge in [0, 0.05) is 16.3 Å². The number of aliphatic hydroxyl groups excluding tert-OH is 1. The molecule has 0 saturated heterocycles. The van der Waals surface area contributed by atoms with Crippen LogP contribution < -0.4 is 9.47 Å². The molecule has 2 rings (SSSR count). The smallest absolute Gasteiger partial charge is 0.333 e. The van der Waals surface area contributed by atoms with E-state index in [4.69, 9.17) is 24.1 Å². The molecule has 2 aromatic carbocycles. The number of hydrogen-bond donors (Lipinski definition) is 1. The molecular formula is C20H24O6. The summed E-state index contributed by atoms with van der Waals surface area (Å²) in [5, 5.41) is 10.8. The fraction of sp³-hybridized carbons (Fsp3) is 0.350. The maximum absolute atomic E-state index is 11.2. The molecule has 0 aromatic heterocycles. The third kappa shape index (κ3) is 5.75. The lowest BCUT2D eigenvalue weighted by atomic mass is 10.1. The molecule has 0 radical (unpaired) electrons. The van der Waals surface area contributed by atoms with Crippen LogP contribution in [0.15, 0.2) is 48.6 Å². The molecule has 140 valence electrons. The van der Waals surface area contributed by atoms with E-state index in [9.17, 15) is 4.79 Å². The zero-order chi connectivity index (χ0) is 18.8. The molecular weight excluding hydrogens is 336 g/mol. The van der Waals surface area contributed by atoms with Gasteiger partial charge in [-0.15, -0.1) is 0 Å². The van der Waals surface area contributed by atoms with Crippen molar-refractivity contribution in [3.63, 3.8) is 0 Å². The molecule has 0 bridgehead atoms. The average molecular weight is 360 g/mol. The Hall–Kier alpha value is -2.57. The van der Waals surface area contributed by atoms with Gasteiger partial charge >= 0.3 is 5.97 Å². The molecule has 26 heavy (non-hydrogen) atoms. The van der Waals surface area contributed by atoms with Crippen LogP contribution in [0.4, 0.5) is 0 Å². The van der Waals surface area contributed by atoms with Crippen LogP contribution in [0.5, 0.6) is 11.5 Å². The summed E-state index contributed by atoms with van der Waals surface area (Å²) < 4.78 is 21.7. The lowest BCUT2D eigenvalue weighted by Gasteiger charge is -2.12. The standard InChI is InChI=1S/C20H24O6/c1-15(2)20(22)26-14-12-23-11-13-25-19-8-4-5-16-17(19)6-3-7-18(16)24-10-9-21/h3-8,21H,1,9-14H2,2H3. The van der Waals surface area contributed by atoms with Gasteiger partial charge in [-0.25, -0.2) is 4.79 Å². The van der Waals surface area contributed by atoms with E-state index in [0.29, 0.717) is 31.1 Å². The van der Waals surface area contributed by atoms with Crippen molar-refractivity contribution < 1.29 is 28.8 Å². The Morgan fingerprint density at radius 1 is 0.923 bits per heavy atom. The maximum atomic E-state index is 11.2. The van der Waals surface area contributed by atoms with Gasteiger partial charge in [0.2, 0.25) is 0 Å². The van der Waals surface area contributed by atoms with E-state index in [-0.39, 0.29) is 19.8 Å². The molecule has 6 nitrogen and oxygen atoms in total. The van der Waals surface area contributed by atoms with Gasteiger partial charge in [0.05, 0.1) is 19.8 Å². The van der Waals surface area contributed by atoms with E-state index in [0.717, 1.165) is 16.5 Å². The van der Waals surface area contributed by atoms with E-state index in [1.165, 1.54) is 0 Å². The minimum absolute atomic E-state index is 0.0361. The molecule has 2 aromatic rings. The molecule has 0 aliphatic rings. The number of ether oxygens (including phenoxy) is 4. The highest BCUT2D eigenvalue weighted by Gasteiger charge is 2.07. The van der Waals surface area contributed by atoms with Crippen LogP contribution in [0.2, 0.25) is 0 Å². The highest BCUT2D eigenvalue weighted by Crippen LogP contribution is 2.32. The van der Waals surface area contributed by atoms with E-state index in [1.54, 1.807) is 6.92 Å². The zero-order valence-electron chi connectivity index (χ0n) is 14.9. The summed E-state index contributed by atoms with van der Waals surface area (Å²) in [5.74, 6) is 1.02. The van der Waals surface area contributed by atoms with Crippen LogP contribution in [-0.4, -0.2) is 50.7 Å². The Morgan fingerprint density at radius 3 is 2.08 bits per heavy atom. The van der Waals surface area contributed by atoms with Crippen LogP contribution in [-0.2, 0) is 14.3 Å². The average Bonchev–Trinajstić information content (AvgIpc) is 2.65. The fourth-order valence-electron chi connectivity index (χ4n) is 2.29. The van der Waals surface area contributed by atoms with Crippen LogP contribution >= 0.6 is 0 Å². The summed E-state index contributed by atoms with van der Waals surface area (Å²) in [7, 11) is 0. The molecule has 0 heterocycles. The maximum Gasteiger partial charge on any atom is 0.333 e. The summed E-state index contributed by atoms with van der Waals surface area (Å²) in [6.45, 7) is 6.55. The summed E-state index contributed by atoms with van der Waals surface area (Å²) >= 11 is 0. The predicted octanol–water partition coefficient (Wildman–Crippen LogP) is 2.73. The summed E-state index contributed by atoms with van der Waals surface area (Å²) in [5.41, 5.74) is 0.367. The number of benzene rings is 2. The van der Waals surface area contributed by atoms with Gasteiger partial charge in [-0.1, -0.05) is 30.8 Å². The van der Waals surface area contributed by atoms with Gasteiger partial charge in [-0.2, -0.15) is 0 Å². The minimum atomic E-state index is -0.417. The number of rotatable bonds is 11. The second kappa shape index (κ2) is 10.4. The number of aliphatic hydroxyl groups is 1. The highest BCUT2D eigenvalue weighted by molar-refractivity contribution is 5.93. The van der Waals surface area contributed by atoms with Crippen molar-refractivity contribution in [2.75, 3.05) is 39.6 Å². The van der Waals surface area contributed by atoms with Gasteiger partial charge in [0.25, 0.3) is 0 Å². The van der Waals surface area contributed by atoms with Gasteiger partial charge in [0.15, 0.2) is 0 Å². The van der Waals surface area contributed by atoms with Gasteiger partial charge in [-0.3, -0.25) is 0 Å². The van der Waals surface area contributed by atoms with E-state index in [2.05, 4.69) is 6.58 Å². The number of fused-ring (bicyclic) bond motifs is 1. The Morgan fingerprint density at radius 2 is 1.50 bits per heavy atom. The van der Waals surface area contributed by atoms with Crippen molar-refractivity contribution in [2.45, 2.75) is 6.92 Å². The third-order valence-corrected chi connectivity index (χ3v) is 3.49. The Labute approximate surface area is 152 Å². The first kappa shape index (κ1) is 19.8. The van der Waals surface area contributed by atoms with Crippen LogP contribution in [0.1, 0.15) is 6.92 Å². The molecule has 0 saturated carbocycles. The van der Waals surface area contributed by atoms with Crippen molar-refractivity contribution in [3.05, 3.63) is 48.6 Å². The first-order valence-electron chi connectivity index (χ1n) is 8.42. The minimum Gasteiger partial charge on any atom is -0.491 e. The molecule has 0 amide bonds. The quantitative estimate of drug-likeness (QED) is 0.377. The fourth-order valence-corrected chi connectivity index (χ4v) is 2.29. The second-order valence-corrected chi connectivity index (χ2v) is 5.56. The highest BCUT2D eigenvalue weighted by atomic mass is 16.6. The Balaban J connectivity index is 1.82. The van der Waals surface area contributed by atoms with Crippen LogP contribution in [0, 0.1) is 0 Å². The largest absolute Gasteiger partial charge is 0.491 e. The summed E-state index contributed by atoms with van der Waals surface area (Å²) in [6.07, 6.45) is 0. The molecule has 0 spiro atoms. The van der Waals surface area contributed by atoms with Crippen molar-refractivity contribution in [1.82, 2.24) is 0 Å². The number of carbonyl (C=O) groups is 1. The van der Waals surface area contributed by atoms with Crippen molar-refractivity contribution >= 4 is 16.7 Å². The lowest BCUT2D eigenvalue weighted by Crippen LogP contribution is -2.13. The Bertz CT molecular complexity index is 740. The topological polar surface area (TPSA) is 74.2 Å². The van der Waals surface area contributed by atoms with Gasteiger partial charge < -0.3 is 24.1 Å². The number of carbonyl (C=O) groups excluding carboxylic acids is 1. The van der Waals surface area contributed by atoms with Crippen molar-refractivity contribution in [2.24, 2.45) is 0 Å². The molecule has 6 heteroatoms. The van der Waals surface area contributed by atoms with Gasteiger partial charge in [-0.05, 0) is 19.1 Å². The molecule has 0 unspecified atom stereocenters. The Kier molecular flexibility index (Phi) is 7.92. The first-order valence-corrected chi connectivity index (χ1v) is 8.42. The molecule has 1 N–H and O–H groups in total. The van der Waals surface area contributed by atoms with Crippen molar-refractivity contribution in [1.29, 1.82) is 0 Å². The summed E-state index contributed by atoms with van der Waals surface area (Å²) in [6, 6.07) is 11.4. The monoisotopic (exact) mass is 360 g/mol. The van der Waals surface area contributed by atoms with E-state index < -0.39 is 5.97 Å². The SMILES string of the molecule is C=C(C)C(=O)OCCOCCOc1cccc2c(OCCO)cccc12. The van der Waals surface area contributed by atoms with E-state index >= 15 is 0 Å². The number of esters is 1. The predicted molar refractivity (Wildman–Crippen MR) is 98.6 cm³/mol. The normalized spacial score (nSPS) is 10.5. The molecule has 0 atom stereocenters. The van der Waals surface area contributed by atoms with Crippen LogP contribution in [0.3, 0.4) is 0 Å². The molecule has 0 aliphatic carbocycles. The first-order chi connectivity index (χ1) is 12.6. The molecule has 0 fully saturated rings. The zero-order valence-corrected chi connectivity index (χ0v) is 14.9. The van der Waals surface area contributed by atoms with Crippen LogP contribution in [0.25, 0.3) is 10.8 Å². The van der Waals surface area contributed by atoms with E-state index in [1.807, 2.05) is 36.4 Å². The molecule has 0 aliphatic heterocycles. The third-order valence-electron chi connectivity index (χ3n) is 3.49. The summed E-state index contributed by atoms with van der Waals surface area (Å²) in [4.78, 5) is 11.2. The lowest BCUT2D eigenvalue weighted by molar-refractivity contribution is -0.140.